The van der Waals surface area contributed by atoms with Crippen LogP contribution >= 0.6 is 11.6 Å². The van der Waals surface area contributed by atoms with Crippen molar-refractivity contribution in [1.29, 1.82) is 0 Å². The number of anilines is 2. The molecule has 0 amide bonds. The Bertz CT molecular complexity index is 873. The van der Waals surface area contributed by atoms with E-state index >= 15 is 0 Å². The maximum atomic E-state index is 6.03. The second kappa shape index (κ2) is 7.98. The van der Waals surface area contributed by atoms with E-state index in [9.17, 15) is 0 Å². The molecule has 3 aromatic rings. The summed E-state index contributed by atoms with van der Waals surface area (Å²) >= 11 is 6.03. The van der Waals surface area contributed by atoms with Crippen LogP contribution in [0.15, 0.2) is 36.4 Å². The van der Waals surface area contributed by atoms with Crippen LogP contribution in [-0.2, 0) is 0 Å². The summed E-state index contributed by atoms with van der Waals surface area (Å²) in [5.74, 6) is 1.86. The van der Waals surface area contributed by atoms with Crippen molar-refractivity contribution in [1.82, 2.24) is 15.4 Å². The standard InChI is InChI=1S/C18H19ClN4O2/c1-3-4-8-25-17-11-15-14(10-16(17)24-2)18(22-23-21-15)20-13-7-5-6-12(19)9-13/h5-7,9-11H,3-4,8H2,1-2H3,(H,20,21,22). The van der Waals surface area contributed by atoms with Crippen molar-refractivity contribution >= 4 is 34.0 Å². The number of aromatic nitrogens is 3. The highest BCUT2D eigenvalue weighted by molar-refractivity contribution is 6.30. The van der Waals surface area contributed by atoms with E-state index in [4.69, 9.17) is 21.1 Å². The lowest BCUT2D eigenvalue weighted by Gasteiger charge is -2.13. The molecule has 0 unspecified atom stereocenters. The highest BCUT2D eigenvalue weighted by Crippen LogP contribution is 2.34. The maximum absolute atomic E-state index is 6.03. The topological polar surface area (TPSA) is 69.2 Å². The Hall–Kier alpha value is -2.60. The zero-order chi connectivity index (χ0) is 17.6. The summed E-state index contributed by atoms with van der Waals surface area (Å²) in [7, 11) is 1.61. The average Bonchev–Trinajstić information content (AvgIpc) is 2.61. The van der Waals surface area contributed by atoms with Crippen LogP contribution in [-0.4, -0.2) is 29.1 Å². The van der Waals surface area contributed by atoms with Crippen molar-refractivity contribution in [3.8, 4) is 11.5 Å². The third-order valence-corrected chi connectivity index (χ3v) is 3.91. The Morgan fingerprint density at radius 2 is 2.00 bits per heavy atom. The summed E-state index contributed by atoms with van der Waals surface area (Å²) in [6.07, 6.45) is 2.04. The lowest BCUT2D eigenvalue weighted by atomic mass is 10.2. The van der Waals surface area contributed by atoms with Crippen molar-refractivity contribution in [3.05, 3.63) is 41.4 Å². The summed E-state index contributed by atoms with van der Waals surface area (Å²) < 4.78 is 11.3. The molecule has 6 nitrogen and oxygen atoms in total. The van der Waals surface area contributed by atoms with Gasteiger partial charge in [-0.15, -0.1) is 10.2 Å². The minimum atomic E-state index is 0.575. The largest absolute Gasteiger partial charge is 0.493 e. The highest BCUT2D eigenvalue weighted by atomic mass is 35.5. The number of unbranched alkanes of at least 4 members (excludes halogenated alkanes) is 1. The molecule has 3 rings (SSSR count). The van der Waals surface area contributed by atoms with E-state index in [0.717, 1.165) is 23.9 Å². The highest BCUT2D eigenvalue weighted by Gasteiger charge is 2.12. The van der Waals surface area contributed by atoms with E-state index in [1.807, 2.05) is 36.4 Å². The molecule has 0 saturated carbocycles. The van der Waals surface area contributed by atoms with Gasteiger partial charge in [-0.3, -0.25) is 0 Å². The molecule has 7 heteroatoms. The molecule has 1 aromatic heterocycles. The van der Waals surface area contributed by atoms with E-state index in [-0.39, 0.29) is 0 Å². The number of ether oxygens (including phenoxy) is 2. The molecule has 25 heavy (non-hydrogen) atoms. The Labute approximate surface area is 151 Å². The van der Waals surface area contributed by atoms with Crippen LogP contribution in [0, 0.1) is 0 Å². The third kappa shape index (κ3) is 4.09. The van der Waals surface area contributed by atoms with Crippen molar-refractivity contribution < 1.29 is 9.47 Å². The molecule has 0 aliphatic rings. The lowest BCUT2D eigenvalue weighted by Crippen LogP contribution is -2.02. The van der Waals surface area contributed by atoms with Gasteiger partial charge in [0.2, 0.25) is 0 Å². The third-order valence-electron chi connectivity index (χ3n) is 3.68. The Kier molecular flexibility index (Phi) is 5.50. The number of nitrogens with zero attached hydrogens (tertiary/aromatic N) is 3. The van der Waals surface area contributed by atoms with Gasteiger partial charge in [-0.05, 0) is 35.9 Å². The molecule has 0 atom stereocenters. The van der Waals surface area contributed by atoms with Gasteiger partial charge >= 0.3 is 0 Å². The Morgan fingerprint density at radius 3 is 2.76 bits per heavy atom. The van der Waals surface area contributed by atoms with Crippen molar-refractivity contribution in [2.24, 2.45) is 0 Å². The number of halogens is 1. The number of hydrogen-bond acceptors (Lipinski definition) is 6. The fourth-order valence-corrected chi connectivity index (χ4v) is 2.58. The molecule has 0 radical (unpaired) electrons. The van der Waals surface area contributed by atoms with Crippen LogP contribution < -0.4 is 14.8 Å². The van der Waals surface area contributed by atoms with Crippen LogP contribution in [0.25, 0.3) is 10.9 Å². The first-order chi connectivity index (χ1) is 12.2. The number of nitrogens with one attached hydrogen (secondary N) is 1. The zero-order valence-corrected chi connectivity index (χ0v) is 14.9. The monoisotopic (exact) mass is 358 g/mol. The summed E-state index contributed by atoms with van der Waals surface area (Å²) in [6, 6.07) is 11.1. The predicted molar refractivity (Wildman–Crippen MR) is 99.0 cm³/mol. The number of rotatable bonds is 7. The molecule has 130 valence electrons. The van der Waals surface area contributed by atoms with Crippen molar-refractivity contribution in [2.75, 3.05) is 19.0 Å². The van der Waals surface area contributed by atoms with Gasteiger partial charge in [0.1, 0.15) is 5.52 Å². The lowest BCUT2D eigenvalue weighted by molar-refractivity contribution is 0.289. The predicted octanol–water partition coefficient (Wildman–Crippen LogP) is 4.61. The molecule has 1 heterocycles. The number of benzene rings is 2. The number of methoxy groups -OCH3 is 1. The average molecular weight is 359 g/mol. The quantitative estimate of drug-likeness (QED) is 0.622. The van der Waals surface area contributed by atoms with Gasteiger partial charge in [0.05, 0.1) is 19.1 Å². The van der Waals surface area contributed by atoms with Crippen molar-refractivity contribution in [2.45, 2.75) is 19.8 Å². The van der Waals surface area contributed by atoms with Crippen LogP contribution in [0.4, 0.5) is 11.5 Å². The fourth-order valence-electron chi connectivity index (χ4n) is 2.38. The van der Waals surface area contributed by atoms with Gasteiger partial charge in [0, 0.05) is 16.8 Å². The van der Waals surface area contributed by atoms with E-state index in [2.05, 4.69) is 27.7 Å². The second-order valence-electron chi connectivity index (χ2n) is 5.50. The van der Waals surface area contributed by atoms with Crippen LogP contribution in [0.3, 0.4) is 0 Å². The van der Waals surface area contributed by atoms with Gasteiger partial charge in [-0.2, -0.15) is 0 Å². The normalized spacial score (nSPS) is 10.7. The molecule has 0 aliphatic carbocycles. The molecule has 1 N–H and O–H groups in total. The minimum absolute atomic E-state index is 0.575. The van der Waals surface area contributed by atoms with E-state index < -0.39 is 0 Å². The van der Waals surface area contributed by atoms with Gasteiger partial charge in [0.15, 0.2) is 17.3 Å². The molecule has 0 aliphatic heterocycles. The molecular formula is C18H19ClN4O2. The first-order valence-corrected chi connectivity index (χ1v) is 8.45. The van der Waals surface area contributed by atoms with Crippen molar-refractivity contribution in [3.63, 3.8) is 0 Å². The summed E-state index contributed by atoms with van der Waals surface area (Å²) in [4.78, 5) is 0. The number of hydrogen-bond donors (Lipinski definition) is 1. The van der Waals surface area contributed by atoms with Gasteiger partial charge < -0.3 is 14.8 Å². The summed E-state index contributed by atoms with van der Waals surface area (Å²) in [5, 5.41) is 16.7. The SMILES string of the molecule is CCCCOc1cc2nnnc(Nc3cccc(Cl)c3)c2cc1OC. The smallest absolute Gasteiger partial charge is 0.164 e. The molecular weight excluding hydrogens is 340 g/mol. The van der Waals surface area contributed by atoms with Crippen LogP contribution in [0.2, 0.25) is 5.02 Å². The summed E-state index contributed by atoms with van der Waals surface area (Å²) in [5.41, 5.74) is 1.49. The summed E-state index contributed by atoms with van der Waals surface area (Å²) in [6.45, 7) is 2.75. The van der Waals surface area contributed by atoms with E-state index in [1.165, 1.54) is 0 Å². The van der Waals surface area contributed by atoms with E-state index in [0.29, 0.717) is 34.5 Å². The minimum Gasteiger partial charge on any atom is -0.493 e. The Morgan fingerprint density at radius 1 is 1.12 bits per heavy atom. The van der Waals surface area contributed by atoms with Gasteiger partial charge in [-0.25, -0.2) is 0 Å². The first kappa shape index (κ1) is 17.2. The first-order valence-electron chi connectivity index (χ1n) is 8.07. The maximum Gasteiger partial charge on any atom is 0.164 e. The molecule has 0 spiro atoms. The van der Waals surface area contributed by atoms with Gasteiger partial charge in [-0.1, -0.05) is 31.0 Å². The van der Waals surface area contributed by atoms with Gasteiger partial charge in [0.25, 0.3) is 0 Å². The number of fused-ring (bicyclic) bond motifs is 1. The zero-order valence-electron chi connectivity index (χ0n) is 14.1. The second-order valence-corrected chi connectivity index (χ2v) is 5.93. The van der Waals surface area contributed by atoms with E-state index in [1.54, 1.807) is 7.11 Å². The molecule has 0 saturated heterocycles. The Balaban J connectivity index is 1.97. The van der Waals surface area contributed by atoms with Crippen LogP contribution in [0.1, 0.15) is 19.8 Å². The van der Waals surface area contributed by atoms with Crippen LogP contribution in [0.5, 0.6) is 11.5 Å². The molecule has 0 fully saturated rings. The fraction of sp³-hybridized carbons (Fsp3) is 0.278. The molecule has 0 bridgehead atoms. The molecule has 2 aromatic carbocycles.